The second kappa shape index (κ2) is 11.9. The Bertz CT molecular complexity index is 2040. The van der Waals surface area contributed by atoms with Gasteiger partial charge in [0.1, 0.15) is 23.0 Å². The first-order chi connectivity index (χ1) is 26.1. The first kappa shape index (κ1) is 33.4. The van der Waals surface area contributed by atoms with E-state index in [4.69, 9.17) is 9.47 Å². The van der Waals surface area contributed by atoms with E-state index in [0.717, 1.165) is 54.6 Å². The summed E-state index contributed by atoms with van der Waals surface area (Å²) in [7, 11) is 0. The number of phenolic OH excluding ortho intramolecular Hbond substituents is 2. The molecule has 8 saturated carbocycles. The molecule has 10 nitrogen and oxygen atoms in total. The Hall–Kier alpha value is -5.12. The van der Waals surface area contributed by atoms with Gasteiger partial charge in [0.05, 0.1) is 9.85 Å². The number of hydrogen-bond acceptors (Lipinski definition) is 8. The zero-order chi connectivity index (χ0) is 37.0. The van der Waals surface area contributed by atoms with Crippen LogP contribution in [0.5, 0.6) is 34.5 Å². The Morgan fingerprint density at radius 2 is 0.963 bits per heavy atom. The predicted molar refractivity (Wildman–Crippen MR) is 200 cm³/mol. The lowest BCUT2D eigenvalue weighted by atomic mass is 9.27. The first-order valence-corrected chi connectivity index (χ1v) is 19.6. The molecule has 54 heavy (non-hydrogen) atoms. The molecule has 0 amide bonds. The maximum atomic E-state index is 11.6. The third-order valence-electron chi connectivity index (χ3n) is 15.0. The van der Waals surface area contributed by atoms with Crippen molar-refractivity contribution >= 4 is 11.4 Å². The molecule has 8 fully saturated rings. The van der Waals surface area contributed by atoms with E-state index in [-0.39, 0.29) is 28.1 Å². The van der Waals surface area contributed by atoms with Crippen LogP contribution < -0.4 is 9.47 Å². The number of aromatic hydroxyl groups is 2. The molecule has 0 aromatic heterocycles. The summed E-state index contributed by atoms with van der Waals surface area (Å²) in [5, 5.41) is 44.4. The van der Waals surface area contributed by atoms with Crippen molar-refractivity contribution in [2.24, 2.45) is 46.3 Å². The number of ether oxygens (including phenoxy) is 2. The van der Waals surface area contributed by atoms with Crippen molar-refractivity contribution in [3.05, 3.63) is 116 Å². The molecule has 0 saturated heterocycles. The van der Waals surface area contributed by atoms with Gasteiger partial charge in [-0.1, -0.05) is 36.4 Å². The molecule has 8 bridgehead atoms. The SMILES string of the molecule is O=[N+]([O-])c1ccc(Oc2ccccc2C2(c3ccccc3Oc3ccc([N+](=O)[O-])c(O)c3)C3CC4CC(C3)CC2(C23CC5CC(CC(C5)C2)C3)C4)cc1O. The molecule has 0 aliphatic heterocycles. The van der Waals surface area contributed by atoms with Crippen LogP contribution in [0.1, 0.15) is 81.8 Å². The van der Waals surface area contributed by atoms with Gasteiger partial charge in [-0.3, -0.25) is 20.2 Å². The molecular weight excluding hydrogens is 684 g/mol. The fourth-order valence-electron chi connectivity index (χ4n) is 14.1. The Kier molecular flexibility index (Phi) is 7.40. The van der Waals surface area contributed by atoms with E-state index in [1.807, 2.05) is 24.3 Å². The van der Waals surface area contributed by atoms with Gasteiger partial charge >= 0.3 is 11.4 Å². The minimum atomic E-state index is -0.604. The van der Waals surface area contributed by atoms with Crippen molar-refractivity contribution in [2.75, 3.05) is 0 Å². The van der Waals surface area contributed by atoms with Crippen LogP contribution in [0.2, 0.25) is 0 Å². The fourth-order valence-corrected chi connectivity index (χ4v) is 14.1. The molecule has 4 aromatic carbocycles. The molecule has 0 spiro atoms. The standard InChI is InChI=1S/C44H44N2O8/c47-38-19-32(9-11-36(38)45(49)50)53-40-7-3-1-5-34(40)44(35-6-2-4-8-41(35)54-33-10-12-37(46(51)52)39(48)20-33)31-17-29-16-30(18-31)25-43(44,24-29)42-21-26-13-27(22-42)15-28(14-26)23-42/h1-12,19-20,26-31,47-48H,13-18,21-25H2. The lowest BCUT2D eigenvalue weighted by Crippen LogP contribution is -2.71. The van der Waals surface area contributed by atoms with Crippen LogP contribution in [0.3, 0.4) is 0 Å². The van der Waals surface area contributed by atoms with E-state index in [1.54, 1.807) is 12.1 Å². The highest BCUT2D eigenvalue weighted by Crippen LogP contribution is 2.82. The highest BCUT2D eigenvalue weighted by molar-refractivity contribution is 5.60. The zero-order valence-electron chi connectivity index (χ0n) is 30.1. The molecule has 278 valence electrons. The van der Waals surface area contributed by atoms with Crippen molar-refractivity contribution < 1.29 is 29.5 Å². The fraction of sp³-hybridized carbons (Fsp3) is 0.455. The van der Waals surface area contributed by atoms with E-state index in [1.165, 1.54) is 69.2 Å². The van der Waals surface area contributed by atoms with E-state index in [0.29, 0.717) is 34.8 Å². The molecular formula is C44H44N2O8. The van der Waals surface area contributed by atoms with Crippen LogP contribution in [-0.2, 0) is 5.41 Å². The van der Waals surface area contributed by atoms with Crippen LogP contribution in [0.4, 0.5) is 11.4 Å². The number of nitrogens with zero attached hydrogens (tertiary/aromatic N) is 2. The molecule has 0 heterocycles. The monoisotopic (exact) mass is 728 g/mol. The quantitative estimate of drug-likeness (QED) is 0.128. The summed E-state index contributed by atoms with van der Waals surface area (Å²) in [6.07, 6.45) is 13.5. The number of hydrogen-bond donors (Lipinski definition) is 2. The van der Waals surface area contributed by atoms with Gasteiger partial charge in [-0.15, -0.1) is 0 Å². The lowest BCUT2D eigenvalue weighted by molar-refractivity contribution is -0.386. The maximum Gasteiger partial charge on any atom is 0.310 e. The summed E-state index contributed by atoms with van der Waals surface area (Å²) >= 11 is 0. The van der Waals surface area contributed by atoms with Gasteiger partial charge in [0.25, 0.3) is 0 Å². The van der Waals surface area contributed by atoms with Crippen molar-refractivity contribution in [1.29, 1.82) is 0 Å². The topological polar surface area (TPSA) is 145 Å². The molecule has 8 aliphatic rings. The molecule has 2 unspecified atom stereocenters. The molecule has 12 rings (SSSR count). The Morgan fingerprint density at radius 1 is 0.556 bits per heavy atom. The van der Waals surface area contributed by atoms with Crippen molar-refractivity contribution in [2.45, 2.75) is 76.0 Å². The van der Waals surface area contributed by atoms with E-state index < -0.39 is 26.8 Å². The van der Waals surface area contributed by atoms with Crippen LogP contribution in [0.25, 0.3) is 0 Å². The van der Waals surface area contributed by atoms with E-state index in [9.17, 15) is 30.4 Å². The average Bonchev–Trinajstić information content (AvgIpc) is 3.12. The van der Waals surface area contributed by atoms with Gasteiger partial charge in [0, 0.05) is 40.8 Å². The lowest BCUT2D eigenvalue weighted by Gasteiger charge is -2.77. The Balaban J connectivity index is 1.21. The van der Waals surface area contributed by atoms with E-state index >= 15 is 0 Å². The Morgan fingerprint density at radius 3 is 1.37 bits per heavy atom. The normalized spacial score (nSPS) is 32.4. The third kappa shape index (κ3) is 4.77. The molecule has 4 aromatic rings. The summed E-state index contributed by atoms with van der Waals surface area (Å²) in [6, 6.07) is 24.9. The largest absolute Gasteiger partial charge is 0.502 e. The van der Waals surface area contributed by atoms with E-state index in [2.05, 4.69) is 24.3 Å². The minimum Gasteiger partial charge on any atom is -0.502 e. The summed E-state index contributed by atoms with van der Waals surface area (Å²) in [4.78, 5) is 21.9. The average molecular weight is 729 g/mol. The van der Waals surface area contributed by atoms with Crippen LogP contribution in [-0.4, -0.2) is 20.1 Å². The number of nitro groups is 2. The van der Waals surface area contributed by atoms with Gasteiger partial charge < -0.3 is 19.7 Å². The number of phenols is 2. The minimum absolute atomic E-state index is 0.112. The summed E-state index contributed by atoms with van der Waals surface area (Å²) in [5.41, 5.74) is 0.864. The molecule has 2 N–H and O–H groups in total. The predicted octanol–water partition coefficient (Wildman–Crippen LogP) is 10.8. The second-order valence-electron chi connectivity index (χ2n) is 17.6. The van der Waals surface area contributed by atoms with Gasteiger partial charge in [0.15, 0.2) is 11.5 Å². The van der Waals surface area contributed by atoms with Gasteiger partial charge in [0.2, 0.25) is 0 Å². The van der Waals surface area contributed by atoms with Crippen molar-refractivity contribution in [3.63, 3.8) is 0 Å². The Labute approximate surface area is 313 Å². The summed E-state index contributed by atoms with van der Waals surface area (Å²) in [6.45, 7) is 0. The van der Waals surface area contributed by atoms with Crippen molar-refractivity contribution in [1.82, 2.24) is 0 Å². The molecule has 0 radical (unpaired) electrons. The number of rotatable bonds is 9. The highest BCUT2D eigenvalue weighted by Gasteiger charge is 2.75. The maximum absolute atomic E-state index is 11.6. The smallest absolute Gasteiger partial charge is 0.310 e. The molecule has 8 aliphatic carbocycles. The molecule has 2 atom stereocenters. The number of para-hydroxylation sites is 2. The molecule has 10 heteroatoms. The number of benzene rings is 4. The highest BCUT2D eigenvalue weighted by atomic mass is 16.6. The number of nitro benzene ring substituents is 2. The van der Waals surface area contributed by atoms with Crippen molar-refractivity contribution in [3.8, 4) is 34.5 Å². The van der Waals surface area contributed by atoms with Crippen LogP contribution >= 0.6 is 0 Å². The van der Waals surface area contributed by atoms with Gasteiger partial charge in [-0.05, 0) is 141 Å². The van der Waals surface area contributed by atoms with Gasteiger partial charge in [-0.2, -0.15) is 0 Å². The summed E-state index contributed by atoms with van der Waals surface area (Å²) in [5.74, 6) is 4.84. The third-order valence-corrected chi connectivity index (χ3v) is 15.0. The first-order valence-electron chi connectivity index (χ1n) is 19.6. The second-order valence-corrected chi connectivity index (χ2v) is 17.6. The van der Waals surface area contributed by atoms with Gasteiger partial charge in [-0.25, -0.2) is 0 Å². The van der Waals surface area contributed by atoms with Crippen LogP contribution in [0.15, 0.2) is 84.9 Å². The zero-order valence-corrected chi connectivity index (χ0v) is 30.1. The van der Waals surface area contributed by atoms with Crippen LogP contribution in [0, 0.1) is 66.6 Å². The summed E-state index contributed by atoms with van der Waals surface area (Å²) < 4.78 is 13.6.